The van der Waals surface area contributed by atoms with Gasteiger partial charge in [-0.3, -0.25) is 4.79 Å². The van der Waals surface area contributed by atoms with E-state index in [4.69, 9.17) is 9.47 Å². The number of carbonyl (C=O) groups is 1. The lowest BCUT2D eigenvalue weighted by Crippen LogP contribution is -2.45. The number of nitrogens with zero attached hydrogens (tertiary/aromatic N) is 1. The molecule has 1 amide bonds. The van der Waals surface area contributed by atoms with E-state index in [-0.39, 0.29) is 12.0 Å². The van der Waals surface area contributed by atoms with Crippen molar-refractivity contribution in [1.29, 1.82) is 5.26 Å². The van der Waals surface area contributed by atoms with Gasteiger partial charge in [0.2, 0.25) is 0 Å². The topological polar surface area (TPSA) is 71.3 Å². The molecule has 1 aromatic rings. The van der Waals surface area contributed by atoms with Gasteiger partial charge in [-0.2, -0.15) is 5.26 Å². The molecule has 0 saturated heterocycles. The van der Waals surface area contributed by atoms with Gasteiger partial charge in [0.15, 0.2) is 0 Å². The van der Waals surface area contributed by atoms with Crippen LogP contribution >= 0.6 is 0 Å². The van der Waals surface area contributed by atoms with Gasteiger partial charge in [-0.05, 0) is 45.2 Å². The number of hydrogen-bond donors (Lipinski definition) is 1. The van der Waals surface area contributed by atoms with Gasteiger partial charge < -0.3 is 14.8 Å². The van der Waals surface area contributed by atoms with Crippen LogP contribution in [0.3, 0.4) is 0 Å². The summed E-state index contributed by atoms with van der Waals surface area (Å²) in [6, 6.07) is 7.37. The highest BCUT2D eigenvalue weighted by Crippen LogP contribution is 2.33. The fourth-order valence-corrected chi connectivity index (χ4v) is 3.36. The first kappa shape index (κ1) is 20.3. The van der Waals surface area contributed by atoms with E-state index in [1.165, 1.54) is 0 Å². The zero-order valence-corrected chi connectivity index (χ0v) is 16.1. The van der Waals surface area contributed by atoms with Crippen LogP contribution in [0, 0.1) is 11.3 Å². The molecule has 0 spiro atoms. The van der Waals surface area contributed by atoms with Crippen molar-refractivity contribution in [2.75, 3.05) is 11.9 Å². The van der Waals surface area contributed by atoms with E-state index >= 15 is 0 Å². The Bertz CT molecular complexity index is 643. The Balaban J connectivity index is 2.19. The van der Waals surface area contributed by atoms with Crippen LogP contribution in [-0.2, 0) is 9.53 Å². The summed E-state index contributed by atoms with van der Waals surface area (Å²) in [7, 11) is 0. The first-order valence-corrected chi connectivity index (χ1v) is 9.71. The number of nitrogens with one attached hydrogen (secondary N) is 1. The fourth-order valence-electron chi connectivity index (χ4n) is 3.36. The van der Waals surface area contributed by atoms with Gasteiger partial charge in [-0.25, -0.2) is 0 Å². The Morgan fingerprint density at radius 1 is 1.27 bits per heavy atom. The normalized spacial score (nSPS) is 17.6. The van der Waals surface area contributed by atoms with Crippen LogP contribution in [-0.4, -0.2) is 24.2 Å². The summed E-state index contributed by atoms with van der Waals surface area (Å²) >= 11 is 0. The molecule has 0 aliphatic heterocycles. The molecule has 0 bridgehead atoms. The third-order valence-electron chi connectivity index (χ3n) is 5.02. The standard InChI is InChI=1S/C21H30N2O3/c1-4-16(3)26-18-10-11-19(17(14-18)15-22)23-20(24)21(25-5-2)12-8-6-7-9-13-21/h10-11,14,16H,4-9,12-13H2,1-3H3,(H,23,24). The molecule has 1 aromatic carbocycles. The van der Waals surface area contributed by atoms with Gasteiger partial charge in [0.25, 0.3) is 5.91 Å². The minimum atomic E-state index is -0.788. The maximum absolute atomic E-state index is 13.0. The van der Waals surface area contributed by atoms with Gasteiger partial charge in [0.1, 0.15) is 17.4 Å². The molecule has 5 nitrogen and oxygen atoms in total. The highest BCUT2D eigenvalue weighted by molar-refractivity contribution is 5.98. The summed E-state index contributed by atoms with van der Waals surface area (Å²) in [5, 5.41) is 12.4. The number of rotatable bonds is 7. The summed E-state index contributed by atoms with van der Waals surface area (Å²) in [6.45, 7) is 6.45. The number of benzene rings is 1. The molecule has 2 rings (SSSR count). The summed E-state index contributed by atoms with van der Waals surface area (Å²) < 4.78 is 11.7. The van der Waals surface area contributed by atoms with Crippen molar-refractivity contribution in [1.82, 2.24) is 0 Å². The van der Waals surface area contributed by atoms with Crippen molar-refractivity contribution in [2.24, 2.45) is 0 Å². The molecule has 0 aromatic heterocycles. The highest BCUT2D eigenvalue weighted by atomic mass is 16.5. The third-order valence-corrected chi connectivity index (χ3v) is 5.02. The van der Waals surface area contributed by atoms with Crippen molar-refractivity contribution in [3.63, 3.8) is 0 Å². The first-order valence-electron chi connectivity index (χ1n) is 9.71. The second-order valence-electron chi connectivity index (χ2n) is 6.95. The molecule has 1 atom stereocenters. The number of nitriles is 1. The average molecular weight is 358 g/mol. The molecule has 0 heterocycles. The number of anilines is 1. The minimum absolute atomic E-state index is 0.0780. The average Bonchev–Trinajstić information content (AvgIpc) is 2.89. The molecule has 0 radical (unpaired) electrons. The molecular weight excluding hydrogens is 328 g/mol. The van der Waals surface area contributed by atoms with Crippen LogP contribution in [0.5, 0.6) is 5.75 Å². The maximum Gasteiger partial charge on any atom is 0.256 e. The van der Waals surface area contributed by atoms with Crippen LogP contribution < -0.4 is 10.1 Å². The molecule has 5 heteroatoms. The molecule has 1 aliphatic carbocycles. The number of hydrogen-bond acceptors (Lipinski definition) is 4. The molecule has 1 aliphatic rings. The predicted octanol–water partition coefficient (Wildman–Crippen LogP) is 4.80. The van der Waals surface area contributed by atoms with Crippen LogP contribution in [0.15, 0.2) is 18.2 Å². The molecule has 26 heavy (non-hydrogen) atoms. The summed E-state index contributed by atoms with van der Waals surface area (Å²) in [5.41, 5.74) is 0.126. The zero-order valence-electron chi connectivity index (χ0n) is 16.1. The Morgan fingerprint density at radius 2 is 1.96 bits per heavy atom. The molecule has 1 saturated carbocycles. The van der Waals surface area contributed by atoms with Crippen LogP contribution in [0.2, 0.25) is 0 Å². The van der Waals surface area contributed by atoms with Gasteiger partial charge in [-0.1, -0.05) is 32.6 Å². The Labute approximate surface area is 156 Å². The molecular formula is C21H30N2O3. The second kappa shape index (κ2) is 9.59. The summed E-state index contributed by atoms with van der Waals surface area (Å²) in [6.07, 6.45) is 6.65. The molecule has 1 fully saturated rings. The predicted molar refractivity (Wildman–Crippen MR) is 102 cm³/mol. The largest absolute Gasteiger partial charge is 0.491 e. The lowest BCUT2D eigenvalue weighted by atomic mass is 9.92. The van der Waals surface area contributed by atoms with Gasteiger partial charge in [0, 0.05) is 12.7 Å². The monoisotopic (exact) mass is 358 g/mol. The van der Waals surface area contributed by atoms with Crippen molar-refractivity contribution in [3.05, 3.63) is 23.8 Å². The van der Waals surface area contributed by atoms with Crippen molar-refractivity contribution in [3.8, 4) is 11.8 Å². The van der Waals surface area contributed by atoms with Crippen molar-refractivity contribution in [2.45, 2.75) is 77.4 Å². The SMILES string of the molecule is CCOC1(C(=O)Nc2ccc(OC(C)CC)cc2C#N)CCCCCC1. The molecule has 142 valence electrons. The lowest BCUT2D eigenvalue weighted by Gasteiger charge is -2.31. The van der Waals surface area contributed by atoms with E-state index < -0.39 is 5.60 Å². The van der Waals surface area contributed by atoms with E-state index in [1.54, 1.807) is 18.2 Å². The fraction of sp³-hybridized carbons (Fsp3) is 0.619. The second-order valence-corrected chi connectivity index (χ2v) is 6.95. The van der Waals surface area contributed by atoms with Gasteiger partial charge in [0.05, 0.1) is 17.4 Å². The minimum Gasteiger partial charge on any atom is -0.491 e. The quantitative estimate of drug-likeness (QED) is 0.710. The van der Waals surface area contributed by atoms with Crippen LogP contribution in [0.4, 0.5) is 5.69 Å². The number of amides is 1. The Kier molecular flexibility index (Phi) is 7.47. The summed E-state index contributed by atoms with van der Waals surface area (Å²) in [5.74, 6) is 0.497. The van der Waals surface area contributed by atoms with E-state index in [2.05, 4.69) is 11.4 Å². The summed E-state index contributed by atoms with van der Waals surface area (Å²) in [4.78, 5) is 13.0. The smallest absolute Gasteiger partial charge is 0.256 e. The zero-order chi connectivity index (χ0) is 19.0. The van der Waals surface area contributed by atoms with E-state index in [9.17, 15) is 10.1 Å². The van der Waals surface area contributed by atoms with E-state index in [0.29, 0.717) is 23.6 Å². The third kappa shape index (κ3) is 4.98. The van der Waals surface area contributed by atoms with Crippen molar-refractivity contribution >= 4 is 11.6 Å². The van der Waals surface area contributed by atoms with Gasteiger partial charge in [-0.15, -0.1) is 0 Å². The van der Waals surface area contributed by atoms with Crippen LogP contribution in [0.25, 0.3) is 0 Å². The number of carbonyl (C=O) groups excluding carboxylic acids is 1. The van der Waals surface area contributed by atoms with Crippen LogP contribution in [0.1, 0.15) is 71.3 Å². The maximum atomic E-state index is 13.0. The lowest BCUT2D eigenvalue weighted by molar-refractivity contribution is -0.143. The highest BCUT2D eigenvalue weighted by Gasteiger charge is 2.39. The Hall–Kier alpha value is -2.06. The van der Waals surface area contributed by atoms with Crippen molar-refractivity contribution < 1.29 is 14.3 Å². The molecule has 1 N–H and O–H groups in total. The van der Waals surface area contributed by atoms with E-state index in [1.807, 2.05) is 20.8 Å². The number of ether oxygens (including phenoxy) is 2. The molecule has 1 unspecified atom stereocenters. The van der Waals surface area contributed by atoms with Gasteiger partial charge >= 0.3 is 0 Å². The van der Waals surface area contributed by atoms with E-state index in [0.717, 1.165) is 44.9 Å². The first-order chi connectivity index (χ1) is 12.5. The Morgan fingerprint density at radius 3 is 2.54 bits per heavy atom.